The Morgan fingerprint density at radius 2 is 1.79 bits per heavy atom. The summed E-state index contributed by atoms with van der Waals surface area (Å²) in [5.74, 6) is 0.0668. The van der Waals surface area contributed by atoms with E-state index in [1.54, 1.807) is 24.1 Å². The fourth-order valence-corrected chi connectivity index (χ4v) is 3.39. The number of fused-ring (bicyclic) bond motifs is 2. The summed E-state index contributed by atoms with van der Waals surface area (Å²) in [7, 11) is 1.55. The molecule has 4 rings (SSSR count). The van der Waals surface area contributed by atoms with Crippen LogP contribution in [0.25, 0.3) is 16.8 Å². The Labute approximate surface area is 163 Å². The van der Waals surface area contributed by atoms with Crippen LogP contribution in [0.4, 0.5) is 5.69 Å². The van der Waals surface area contributed by atoms with Crippen LogP contribution in [-0.2, 0) is 9.59 Å². The summed E-state index contributed by atoms with van der Waals surface area (Å²) in [5.41, 5.74) is 1.63. The predicted molar refractivity (Wildman–Crippen MR) is 110 cm³/mol. The second-order valence-corrected chi connectivity index (χ2v) is 6.54. The molecule has 1 heterocycles. The number of carbonyl (C=O) groups excluding carboxylic acids is 2. The van der Waals surface area contributed by atoms with Crippen LogP contribution in [0.1, 0.15) is 5.56 Å². The number of carbonyl (C=O) groups is 2. The van der Waals surface area contributed by atoms with E-state index in [0.717, 1.165) is 16.3 Å². The van der Waals surface area contributed by atoms with Crippen molar-refractivity contribution in [1.29, 1.82) is 0 Å². The maximum atomic E-state index is 13.0. The number of hydrogen-bond donors (Lipinski definition) is 1. The number of ether oxygens (including phenoxy) is 1. The summed E-state index contributed by atoms with van der Waals surface area (Å²) < 4.78 is 5.76. The van der Waals surface area contributed by atoms with Crippen molar-refractivity contribution in [2.45, 2.75) is 6.10 Å². The van der Waals surface area contributed by atoms with Crippen molar-refractivity contribution in [1.82, 2.24) is 5.32 Å². The quantitative estimate of drug-likeness (QED) is 0.717. The molecule has 5 heteroatoms. The monoisotopic (exact) mass is 372 g/mol. The molecule has 0 aromatic heterocycles. The standard InChI is InChI=1S/C23H20N2O3/c1-24-23(27)21-15-25(19-11-4-5-12-20(19)28-21)22(26)14-13-17-9-6-8-16-7-2-3-10-18(16)17/h2-14,21H,15H2,1H3,(H,24,27)/b14-13+. The average molecular weight is 372 g/mol. The Balaban J connectivity index is 1.65. The number of anilines is 1. The molecule has 1 N–H and O–H groups in total. The molecule has 3 aromatic carbocycles. The van der Waals surface area contributed by atoms with E-state index in [1.807, 2.05) is 66.7 Å². The number of nitrogens with one attached hydrogen (secondary N) is 1. The third-order valence-corrected chi connectivity index (χ3v) is 4.81. The second kappa shape index (κ2) is 7.56. The molecule has 1 aliphatic heterocycles. The van der Waals surface area contributed by atoms with Gasteiger partial charge in [0.1, 0.15) is 5.75 Å². The van der Waals surface area contributed by atoms with E-state index in [-0.39, 0.29) is 18.4 Å². The van der Waals surface area contributed by atoms with Gasteiger partial charge in [0.25, 0.3) is 11.8 Å². The third-order valence-electron chi connectivity index (χ3n) is 4.81. The lowest BCUT2D eigenvalue weighted by molar-refractivity contribution is -0.127. The molecule has 0 bridgehead atoms. The smallest absolute Gasteiger partial charge is 0.262 e. The zero-order valence-corrected chi connectivity index (χ0v) is 15.5. The lowest BCUT2D eigenvalue weighted by atomic mass is 10.0. The number of benzene rings is 3. The lowest BCUT2D eigenvalue weighted by Gasteiger charge is -2.33. The van der Waals surface area contributed by atoms with Gasteiger partial charge in [-0.1, -0.05) is 54.6 Å². The van der Waals surface area contributed by atoms with E-state index in [0.29, 0.717) is 11.4 Å². The van der Waals surface area contributed by atoms with Gasteiger partial charge in [-0.25, -0.2) is 0 Å². The largest absolute Gasteiger partial charge is 0.477 e. The molecule has 0 saturated heterocycles. The summed E-state index contributed by atoms with van der Waals surface area (Å²) in [6.45, 7) is 0.162. The van der Waals surface area contributed by atoms with E-state index in [2.05, 4.69) is 5.32 Å². The molecule has 0 saturated carbocycles. The van der Waals surface area contributed by atoms with Gasteiger partial charge in [-0.2, -0.15) is 0 Å². The van der Waals surface area contributed by atoms with Gasteiger partial charge in [0.2, 0.25) is 0 Å². The number of rotatable bonds is 3. The highest BCUT2D eigenvalue weighted by atomic mass is 16.5. The Morgan fingerprint density at radius 3 is 2.64 bits per heavy atom. The van der Waals surface area contributed by atoms with E-state index >= 15 is 0 Å². The minimum Gasteiger partial charge on any atom is -0.477 e. The van der Waals surface area contributed by atoms with Crippen molar-refractivity contribution >= 4 is 34.4 Å². The average Bonchev–Trinajstić information content (AvgIpc) is 2.76. The van der Waals surface area contributed by atoms with Crippen LogP contribution in [0, 0.1) is 0 Å². The van der Waals surface area contributed by atoms with Gasteiger partial charge in [0, 0.05) is 13.1 Å². The Bertz CT molecular complexity index is 1070. The molecule has 1 atom stereocenters. The minimum absolute atomic E-state index is 0.162. The summed E-state index contributed by atoms with van der Waals surface area (Å²) in [6, 6.07) is 21.3. The van der Waals surface area contributed by atoms with Gasteiger partial charge in [-0.15, -0.1) is 0 Å². The summed E-state index contributed by atoms with van der Waals surface area (Å²) >= 11 is 0. The molecule has 28 heavy (non-hydrogen) atoms. The minimum atomic E-state index is -0.741. The number of nitrogens with zero attached hydrogens (tertiary/aromatic N) is 1. The van der Waals surface area contributed by atoms with Gasteiger partial charge >= 0.3 is 0 Å². The van der Waals surface area contributed by atoms with Crippen LogP contribution in [0.3, 0.4) is 0 Å². The molecule has 0 aliphatic carbocycles. The van der Waals surface area contributed by atoms with Gasteiger partial charge in [-0.05, 0) is 34.5 Å². The Morgan fingerprint density at radius 1 is 1.04 bits per heavy atom. The predicted octanol–water partition coefficient (Wildman–Crippen LogP) is 3.39. The van der Waals surface area contributed by atoms with E-state index < -0.39 is 6.10 Å². The number of para-hydroxylation sites is 2. The van der Waals surface area contributed by atoms with Crippen LogP contribution in [0.2, 0.25) is 0 Å². The molecule has 0 spiro atoms. The molecule has 3 aromatic rings. The first-order valence-electron chi connectivity index (χ1n) is 9.12. The fourth-order valence-electron chi connectivity index (χ4n) is 3.39. The van der Waals surface area contributed by atoms with Crippen molar-refractivity contribution in [3.05, 3.63) is 78.4 Å². The first kappa shape index (κ1) is 17.8. The fraction of sp³-hybridized carbons (Fsp3) is 0.130. The zero-order valence-electron chi connectivity index (χ0n) is 15.5. The summed E-state index contributed by atoms with van der Waals surface area (Å²) in [6.07, 6.45) is 2.62. The van der Waals surface area contributed by atoms with Gasteiger partial charge in [0.15, 0.2) is 6.10 Å². The van der Waals surface area contributed by atoms with E-state index in [4.69, 9.17) is 4.74 Å². The summed E-state index contributed by atoms with van der Waals surface area (Å²) in [4.78, 5) is 26.6. The molecule has 0 radical (unpaired) electrons. The molecular weight excluding hydrogens is 352 g/mol. The Kier molecular flexibility index (Phi) is 4.81. The van der Waals surface area contributed by atoms with Crippen molar-refractivity contribution in [2.75, 3.05) is 18.5 Å². The van der Waals surface area contributed by atoms with Crippen LogP contribution < -0.4 is 15.0 Å². The zero-order chi connectivity index (χ0) is 19.5. The van der Waals surface area contributed by atoms with Gasteiger partial charge < -0.3 is 15.0 Å². The van der Waals surface area contributed by atoms with Gasteiger partial charge in [0.05, 0.1) is 12.2 Å². The maximum Gasteiger partial charge on any atom is 0.262 e. The first-order chi connectivity index (χ1) is 13.7. The number of amides is 2. The summed E-state index contributed by atoms with van der Waals surface area (Å²) in [5, 5.41) is 4.79. The molecule has 0 fully saturated rings. The van der Waals surface area contributed by atoms with E-state index in [1.165, 1.54) is 0 Å². The Hall–Kier alpha value is -3.60. The van der Waals surface area contributed by atoms with Crippen molar-refractivity contribution in [3.8, 4) is 5.75 Å². The highest BCUT2D eigenvalue weighted by Crippen LogP contribution is 2.33. The second-order valence-electron chi connectivity index (χ2n) is 6.54. The van der Waals surface area contributed by atoms with Crippen molar-refractivity contribution < 1.29 is 14.3 Å². The number of likely N-dealkylation sites (N-methyl/N-ethyl adjacent to an activating group) is 1. The van der Waals surface area contributed by atoms with Gasteiger partial charge in [-0.3, -0.25) is 9.59 Å². The molecule has 1 unspecified atom stereocenters. The molecular formula is C23H20N2O3. The SMILES string of the molecule is CNC(=O)C1CN(C(=O)/C=C/c2cccc3ccccc23)c2ccccc2O1. The normalized spacial score (nSPS) is 15.9. The van der Waals surface area contributed by atoms with E-state index in [9.17, 15) is 9.59 Å². The van der Waals surface area contributed by atoms with Crippen molar-refractivity contribution in [3.63, 3.8) is 0 Å². The van der Waals surface area contributed by atoms with Crippen molar-refractivity contribution in [2.24, 2.45) is 0 Å². The van der Waals surface area contributed by atoms with Crippen LogP contribution >= 0.6 is 0 Å². The third kappa shape index (κ3) is 3.34. The van der Waals surface area contributed by atoms with Crippen LogP contribution in [0.5, 0.6) is 5.75 Å². The topological polar surface area (TPSA) is 58.6 Å². The number of hydrogen-bond acceptors (Lipinski definition) is 3. The van der Waals surface area contributed by atoms with Crippen LogP contribution in [0.15, 0.2) is 72.8 Å². The van der Waals surface area contributed by atoms with Crippen LogP contribution in [-0.4, -0.2) is 31.5 Å². The molecule has 2 amide bonds. The highest BCUT2D eigenvalue weighted by Gasteiger charge is 2.32. The molecule has 140 valence electrons. The maximum absolute atomic E-state index is 13.0. The lowest BCUT2D eigenvalue weighted by Crippen LogP contribution is -2.49. The highest BCUT2D eigenvalue weighted by molar-refractivity contribution is 6.07. The molecule has 5 nitrogen and oxygen atoms in total. The first-order valence-corrected chi connectivity index (χ1v) is 9.12. The molecule has 1 aliphatic rings.